The number of hydrogen-bond acceptors (Lipinski definition) is 6. The fourth-order valence-electron chi connectivity index (χ4n) is 2.81. The zero-order chi connectivity index (χ0) is 16.2. The molecule has 0 bridgehead atoms. The van der Waals surface area contributed by atoms with Crippen molar-refractivity contribution in [2.45, 2.75) is 25.7 Å². The van der Waals surface area contributed by atoms with Gasteiger partial charge in [0, 0.05) is 13.1 Å². The van der Waals surface area contributed by atoms with Crippen LogP contribution in [0.25, 0.3) is 11.0 Å². The van der Waals surface area contributed by atoms with E-state index in [-0.39, 0.29) is 6.61 Å². The van der Waals surface area contributed by atoms with Crippen molar-refractivity contribution in [1.29, 1.82) is 5.26 Å². The van der Waals surface area contributed by atoms with Crippen LogP contribution in [0.5, 0.6) is 0 Å². The fourth-order valence-corrected chi connectivity index (χ4v) is 2.81. The van der Waals surface area contributed by atoms with Gasteiger partial charge in [0.15, 0.2) is 11.7 Å². The molecule has 0 spiro atoms. The van der Waals surface area contributed by atoms with Gasteiger partial charge in [-0.3, -0.25) is 4.79 Å². The second-order valence-corrected chi connectivity index (χ2v) is 5.43. The van der Waals surface area contributed by atoms with Gasteiger partial charge in [0.1, 0.15) is 5.69 Å². The van der Waals surface area contributed by atoms with Crippen LogP contribution in [0.15, 0.2) is 24.3 Å². The first-order chi connectivity index (χ1) is 11.2. The zero-order valence-electron chi connectivity index (χ0n) is 13.0. The Morgan fingerprint density at radius 1 is 1.30 bits per heavy atom. The summed E-state index contributed by atoms with van der Waals surface area (Å²) in [6, 6.07) is 9.51. The molecule has 1 aliphatic rings. The maximum Gasteiger partial charge on any atom is 0.329 e. The molecule has 2 aromatic rings. The van der Waals surface area contributed by atoms with Crippen molar-refractivity contribution in [1.82, 2.24) is 9.97 Å². The van der Waals surface area contributed by atoms with Crippen molar-refractivity contribution in [3.8, 4) is 6.07 Å². The van der Waals surface area contributed by atoms with Crippen molar-refractivity contribution in [3.63, 3.8) is 0 Å². The summed E-state index contributed by atoms with van der Waals surface area (Å²) < 4.78 is 5.03. The Kier molecular flexibility index (Phi) is 4.38. The molecule has 0 saturated carbocycles. The molecule has 1 atom stereocenters. The first-order valence-corrected chi connectivity index (χ1v) is 7.82. The van der Waals surface area contributed by atoms with Crippen molar-refractivity contribution >= 4 is 22.8 Å². The molecule has 118 valence electrons. The van der Waals surface area contributed by atoms with Crippen LogP contribution < -0.4 is 4.90 Å². The molecule has 2 heterocycles. The average molecular weight is 310 g/mol. The standard InChI is InChI=1S/C17H18N4O2/c1-2-23-17(22)12(11-18)15-16(21-9-5-6-10-21)20-14-8-4-3-7-13(14)19-15/h3-4,7-8,12H,2,5-6,9-10H2,1H3/t12-/m1/s1. The quantitative estimate of drug-likeness (QED) is 0.807. The van der Waals surface area contributed by atoms with E-state index in [1.54, 1.807) is 6.92 Å². The molecular formula is C17H18N4O2. The van der Waals surface area contributed by atoms with E-state index in [2.05, 4.69) is 14.9 Å². The lowest BCUT2D eigenvalue weighted by molar-refractivity contribution is -0.143. The summed E-state index contributed by atoms with van der Waals surface area (Å²) in [7, 11) is 0. The first kappa shape index (κ1) is 15.2. The van der Waals surface area contributed by atoms with E-state index in [0.29, 0.717) is 17.0 Å². The summed E-state index contributed by atoms with van der Waals surface area (Å²) in [5.74, 6) is -0.997. The Balaban J connectivity index is 2.13. The van der Waals surface area contributed by atoms with Crippen LogP contribution in [-0.2, 0) is 9.53 Å². The van der Waals surface area contributed by atoms with Crippen molar-refractivity contribution < 1.29 is 9.53 Å². The molecule has 0 aliphatic carbocycles. The Hall–Kier alpha value is -2.68. The van der Waals surface area contributed by atoms with Crippen LogP contribution in [-0.4, -0.2) is 35.6 Å². The van der Waals surface area contributed by atoms with E-state index in [4.69, 9.17) is 4.74 Å². The number of esters is 1. The number of anilines is 1. The Morgan fingerprint density at radius 3 is 2.57 bits per heavy atom. The number of nitriles is 1. The molecule has 1 aromatic heterocycles. The molecule has 0 radical (unpaired) electrons. The Bertz CT molecular complexity index is 763. The third kappa shape index (κ3) is 2.95. The highest BCUT2D eigenvalue weighted by Gasteiger charge is 2.30. The van der Waals surface area contributed by atoms with E-state index in [9.17, 15) is 10.1 Å². The molecule has 0 unspecified atom stereocenters. The van der Waals surface area contributed by atoms with E-state index < -0.39 is 11.9 Å². The van der Waals surface area contributed by atoms with Gasteiger partial charge in [-0.15, -0.1) is 0 Å². The van der Waals surface area contributed by atoms with Gasteiger partial charge in [-0.1, -0.05) is 12.1 Å². The Morgan fingerprint density at radius 2 is 1.96 bits per heavy atom. The van der Waals surface area contributed by atoms with Crippen LogP contribution in [0.2, 0.25) is 0 Å². The maximum absolute atomic E-state index is 12.1. The maximum atomic E-state index is 12.1. The first-order valence-electron chi connectivity index (χ1n) is 7.82. The lowest BCUT2D eigenvalue weighted by Gasteiger charge is -2.21. The van der Waals surface area contributed by atoms with Crippen molar-refractivity contribution in [3.05, 3.63) is 30.0 Å². The molecule has 0 amide bonds. The molecule has 0 N–H and O–H groups in total. The summed E-state index contributed by atoms with van der Waals surface area (Å²) >= 11 is 0. The minimum absolute atomic E-state index is 0.233. The van der Waals surface area contributed by atoms with Gasteiger partial charge in [-0.2, -0.15) is 5.26 Å². The molecule has 6 nitrogen and oxygen atoms in total. The number of aromatic nitrogens is 2. The summed E-state index contributed by atoms with van der Waals surface area (Å²) in [5, 5.41) is 9.48. The molecule has 1 saturated heterocycles. The monoisotopic (exact) mass is 310 g/mol. The summed E-state index contributed by atoms with van der Waals surface area (Å²) in [4.78, 5) is 23.5. The number of carbonyl (C=O) groups is 1. The topological polar surface area (TPSA) is 79.1 Å². The lowest BCUT2D eigenvalue weighted by atomic mass is 10.1. The van der Waals surface area contributed by atoms with E-state index in [0.717, 1.165) is 31.4 Å². The third-order valence-corrected chi connectivity index (χ3v) is 3.91. The van der Waals surface area contributed by atoms with Crippen LogP contribution in [0.1, 0.15) is 31.4 Å². The molecule has 1 aromatic carbocycles. The largest absolute Gasteiger partial charge is 0.465 e. The van der Waals surface area contributed by atoms with E-state index in [1.807, 2.05) is 30.3 Å². The van der Waals surface area contributed by atoms with Gasteiger partial charge in [-0.05, 0) is 31.9 Å². The minimum Gasteiger partial charge on any atom is -0.465 e. The number of benzene rings is 1. The third-order valence-electron chi connectivity index (χ3n) is 3.91. The predicted octanol–water partition coefficient (Wildman–Crippen LogP) is 2.40. The molecule has 23 heavy (non-hydrogen) atoms. The van der Waals surface area contributed by atoms with E-state index >= 15 is 0 Å². The van der Waals surface area contributed by atoms with Gasteiger partial charge >= 0.3 is 5.97 Å². The summed E-state index contributed by atoms with van der Waals surface area (Å²) in [5.41, 5.74) is 1.83. The number of fused-ring (bicyclic) bond motifs is 1. The molecule has 3 rings (SSSR count). The molecule has 1 aliphatic heterocycles. The number of ether oxygens (including phenoxy) is 1. The molecule has 6 heteroatoms. The van der Waals surface area contributed by atoms with Gasteiger partial charge in [0.2, 0.25) is 0 Å². The number of hydrogen-bond donors (Lipinski definition) is 0. The van der Waals surface area contributed by atoms with E-state index in [1.165, 1.54) is 0 Å². The van der Waals surface area contributed by atoms with Crippen molar-refractivity contribution in [2.75, 3.05) is 24.6 Å². The van der Waals surface area contributed by atoms with Gasteiger partial charge in [-0.25, -0.2) is 9.97 Å². The predicted molar refractivity (Wildman–Crippen MR) is 86.0 cm³/mol. The second kappa shape index (κ2) is 6.61. The van der Waals surface area contributed by atoms with Crippen LogP contribution in [0, 0.1) is 11.3 Å². The van der Waals surface area contributed by atoms with Gasteiger partial charge < -0.3 is 9.64 Å². The zero-order valence-corrected chi connectivity index (χ0v) is 13.0. The SMILES string of the molecule is CCOC(=O)[C@H](C#N)c1nc2ccccc2nc1N1CCCC1. The number of carbonyl (C=O) groups excluding carboxylic acids is 1. The van der Waals surface area contributed by atoms with Crippen molar-refractivity contribution in [2.24, 2.45) is 0 Å². The highest BCUT2D eigenvalue weighted by atomic mass is 16.5. The van der Waals surface area contributed by atoms with Crippen LogP contribution >= 0.6 is 0 Å². The minimum atomic E-state index is -1.05. The number of rotatable bonds is 4. The normalized spacial score (nSPS) is 15.4. The number of para-hydroxylation sites is 2. The second-order valence-electron chi connectivity index (χ2n) is 5.43. The molecular weight excluding hydrogens is 292 g/mol. The Labute approximate surface area is 134 Å². The smallest absolute Gasteiger partial charge is 0.329 e. The highest BCUT2D eigenvalue weighted by molar-refractivity contribution is 5.85. The van der Waals surface area contributed by atoms with Gasteiger partial charge in [0.25, 0.3) is 0 Å². The fraction of sp³-hybridized carbons (Fsp3) is 0.412. The molecule has 1 fully saturated rings. The summed E-state index contributed by atoms with van der Waals surface area (Å²) in [6.45, 7) is 3.68. The summed E-state index contributed by atoms with van der Waals surface area (Å²) in [6.07, 6.45) is 2.15. The highest BCUT2D eigenvalue weighted by Crippen LogP contribution is 2.29. The van der Waals surface area contributed by atoms with Crippen LogP contribution in [0.3, 0.4) is 0 Å². The number of nitrogens with zero attached hydrogens (tertiary/aromatic N) is 4. The van der Waals surface area contributed by atoms with Gasteiger partial charge in [0.05, 0.1) is 23.7 Å². The van der Waals surface area contributed by atoms with Crippen LogP contribution in [0.4, 0.5) is 5.82 Å². The lowest BCUT2D eigenvalue weighted by Crippen LogP contribution is -2.25. The average Bonchev–Trinajstić information content (AvgIpc) is 3.09.